The lowest BCUT2D eigenvalue weighted by molar-refractivity contribution is -0.131. The Hall–Kier alpha value is -4.55. The number of nitrogens with one attached hydrogen (secondary N) is 5. The molecule has 1 atom stereocenters. The monoisotopic (exact) mass is 679 g/mol. The summed E-state index contributed by atoms with van der Waals surface area (Å²) in [6.45, 7) is 1.33. The van der Waals surface area contributed by atoms with Crippen molar-refractivity contribution in [2.45, 2.75) is 32.4 Å². The first-order valence-electron chi connectivity index (χ1n) is 14.4. The number of halogens is 1. The van der Waals surface area contributed by atoms with E-state index in [9.17, 15) is 24.0 Å². The molecule has 0 bridgehead atoms. The molecule has 0 aliphatic rings. The summed E-state index contributed by atoms with van der Waals surface area (Å²) in [4.78, 5) is 60.9. The number of hydrogen-bond donors (Lipinski definition) is 5. The van der Waals surface area contributed by atoms with Crippen molar-refractivity contribution in [2.24, 2.45) is 0 Å². The fourth-order valence-corrected chi connectivity index (χ4v) is 4.32. The van der Waals surface area contributed by atoms with Gasteiger partial charge in [0.05, 0.1) is 31.6 Å². The quantitative estimate of drug-likeness (QED) is 0.0831. The zero-order valence-electron chi connectivity index (χ0n) is 25.1. The lowest BCUT2D eigenvalue weighted by Crippen LogP contribution is -2.52. The van der Waals surface area contributed by atoms with Gasteiger partial charge in [0.15, 0.2) is 0 Å². The minimum Gasteiger partial charge on any atom is -0.357 e. The molecule has 238 valence electrons. The molecule has 0 radical (unpaired) electrons. The van der Waals surface area contributed by atoms with E-state index in [1.54, 1.807) is 12.1 Å². The Labute approximate surface area is 271 Å². The summed E-state index contributed by atoms with van der Waals surface area (Å²) in [7, 11) is 0. The number of carbonyl (C=O) groups excluding carboxylic acids is 5. The molecule has 0 saturated carbocycles. The van der Waals surface area contributed by atoms with E-state index in [1.807, 2.05) is 30.3 Å². The van der Waals surface area contributed by atoms with E-state index in [0.717, 1.165) is 17.5 Å². The molecule has 3 rings (SSSR count). The third-order valence-corrected chi connectivity index (χ3v) is 7.07. The Morgan fingerprint density at radius 2 is 1.20 bits per heavy atom. The Morgan fingerprint density at radius 3 is 1.87 bits per heavy atom. The average molecular weight is 681 g/mol. The van der Waals surface area contributed by atoms with Crippen molar-refractivity contribution in [3.8, 4) is 0 Å². The lowest BCUT2D eigenvalue weighted by atomic mass is 10.0. The summed E-state index contributed by atoms with van der Waals surface area (Å²) in [5, 5.41) is 12.5. The Kier molecular flexibility index (Phi) is 14.7. The van der Waals surface area contributed by atoms with Crippen LogP contribution in [0.15, 0.2) is 78.9 Å². The van der Waals surface area contributed by atoms with Crippen LogP contribution in [0.1, 0.15) is 27.8 Å². The molecule has 0 fully saturated rings. The first-order valence-corrected chi connectivity index (χ1v) is 15.5. The predicted octanol–water partition coefficient (Wildman–Crippen LogP) is 1.65. The molecule has 0 aromatic heterocycles. The van der Waals surface area contributed by atoms with Crippen LogP contribution in [-0.4, -0.2) is 67.3 Å². The maximum atomic E-state index is 12.9. The van der Waals surface area contributed by atoms with Gasteiger partial charge in [-0.1, -0.05) is 100 Å². The number of hydrogen-bond acceptors (Lipinski definition) is 6. The second kappa shape index (κ2) is 19.0. The van der Waals surface area contributed by atoms with Crippen molar-refractivity contribution in [1.29, 1.82) is 0 Å². The van der Waals surface area contributed by atoms with E-state index >= 15 is 0 Å². The van der Waals surface area contributed by atoms with Gasteiger partial charge in [-0.25, -0.2) is 0 Å². The minimum atomic E-state index is -0.997. The van der Waals surface area contributed by atoms with Crippen molar-refractivity contribution in [2.75, 3.05) is 31.7 Å². The predicted molar refractivity (Wildman–Crippen MR) is 173 cm³/mol. The SMILES string of the molecule is Cc1ccc(Cc2ccc(COCNC(=O)CNC(=O)[C@H](Cc3ccccc3)NC(=O)CNC(=O)CNC(=O)CBr)cc2)cc1. The molecule has 0 saturated heterocycles. The number of ether oxygens (including phenoxy) is 1. The third-order valence-electron chi connectivity index (χ3n) is 6.56. The number of carbonyl (C=O) groups is 5. The van der Waals surface area contributed by atoms with Crippen LogP contribution in [-0.2, 0) is 48.2 Å². The molecule has 11 nitrogen and oxygen atoms in total. The highest BCUT2D eigenvalue weighted by molar-refractivity contribution is 9.09. The first-order chi connectivity index (χ1) is 21.7. The lowest BCUT2D eigenvalue weighted by Gasteiger charge is -2.19. The second-order valence-corrected chi connectivity index (χ2v) is 10.8. The minimum absolute atomic E-state index is 0.0419. The van der Waals surface area contributed by atoms with E-state index in [-0.39, 0.29) is 37.5 Å². The third kappa shape index (κ3) is 13.7. The van der Waals surface area contributed by atoms with Crippen LogP contribution in [0.3, 0.4) is 0 Å². The van der Waals surface area contributed by atoms with Crippen LogP contribution in [0.2, 0.25) is 0 Å². The topological polar surface area (TPSA) is 155 Å². The summed E-state index contributed by atoms with van der Waals surface area (Å²) in [6, 6.07) is 24.6. The Bertz CT molecular complexity index is 1420. The van der Waals surface area contributed by atoms with Crippen molar-refractivity contribution in [3.63, 3.8) is 0 Å². The Balaban J connectivity index is 1.39. The molecule has 0 spiro atoms. The molecule has 45 heavy (non-hydrogen) atoms. The Morgan fingerprint density at radius 1 is 0.644 bits per heavy atom. The molecule has 5 amide bonds. The zero-order valence-corrected chi connectivity index (χ0v) is 26.7. The fraction of sp³-hybridized carbons (Fsp3) is 0.303. The van der Waals surface area contributed by atoms with E-state index < -0.39 is 36.2 Å². The molecule has 0 aliphatic heterocycles. The summed E-state index contributed by atoms with van der Waals surface area (Å²) in [5.41, 5.74) is 5.41. The van der Waals surface area contributed by atoms with Gasteiger partial charge in [-0.3, -0.25) is 24.0 Å². The van der Waals surface area contributed by atoms with Gasteiger partial charge in [-0.15, -0.1) is 0 Å². The highest BCUT2D eigenvalue weighted by Crippen LogP contribution is 2.12. The molecule has 0 aliphatic carbocycles. The molecule has 0 heterocycles. The summed E-state index contributed by atoms with van der Waals surface area (Å²) in [5.74, 6) is -2.56. The number of aryl methyl sites for hydroxylation is 1. The van der Waals surface area contributed by atoms with Crippen LogP contribution >= 0.6 is 15.9 Å². The average Bonchev–Trinajstić information content (AvgIpc) is 3.05. The zero-order chi connectivity index (χ0) is 32.4. The number of amides is 5. The van der Waals surface area contributed by atoms with E-state index in [4.69, 9.17) is 4.74 Å². The van der Waals surface area contributed by atoms with Gasteiger partial charge in [0.1, 0.15) is 12.8 Å². The van der Waals surface area contributed by atoms with Crippen LogP contribution in [0.25, 0.3) is 0 Å². The number of benzene rings is 3. The van der Waals surface area contributed by atoms with Crippen molar-refractivity contribution in [1.82, 2.24) is 26.6 Å². The van der Waals surface area contributed by atoms with Gasteiger partial charge < -0.3 is 31.3 Å². The summed E-state index contributed by atoms with van der Waals surface area (Å²) >= 11 is 2.97. The largest absolute Gasteiger partial charge is 0.357 e. The molecule has 0 unspecified atom stereocenters. The van der Waals surface area contributed by atoms with E-state index in [2.05, 4.69) is 85.8 Å². The van der Waals surface area contributed by atoms with Crippen LogP contribution in [0.5, 0.6) is 0 Å². The van der Waals surface area contributed by atoms with Crippen molar-refractivity contribution in [3.05, 3.63) is 107 Å². The molecular weight excluding hydrogens is 642 g/mol. The van der Waals surface area contributed by atoms with Gasteiger partial charge in [0.25, 0.3) is 0 Å². The molecule has 5 N–H and O–H groups in total. The van der Waals surface area contributed by atoms with E-state index in [0.29, 0.717) is 6.61 Å². The van der Waals surface area contributed by atoms with Gasteiger partial charge in [-0.2, -0.15) is 0 Å². The molecule has 12 heteroatoms. The molecular formula is C33H38BrN5O6. The maximum Gasteiger partial charge on any atom is 0.243 e. The summed E-state index contributed by atoms with van der Waals surface area (Å²) in [6.07, 6.45) is 1.01. The first kappa shape index (κ1) is 34.9. The standard InChI is InChI=1S/C33H38BrN5O6/c1-23-7-9-25(10-8-23)15-26-11-13-27(14-12-26)21-45-22-38-31(42)19-37-33(44)28(16-24-5-3-2-4-6-24)39-32(43)20-36-30(41)18-35-29(40)17-34/h2-14,28H,15-22H2,1H3,(H,35,40)(H,36,41)(H,37,44)(H,38,42)(H,39,43)/t28-/m0/s1. The van der Waals surface area contributed by atoms with Crippen LogP contribution in [0.4, 0.5) is 0 Å². The second-order valence-electron chi connectivity index (χ2n) is 10.3. The normalized spacial score (nSPS) is 11.2. The van der Waals surface area contributed by atoms with Crippen molar-refractivity contribution >= 4 is 45.5 Å². The summed E-state index contributed by atoms with van der Waals surface area (Å²) < 4.78 is 5.57. The highest BCUT2D eigenvalue weighted by atomic mass is 79.9. The number of alkyl halides is 1. The maximum absolute atomic E-state index is 12.9. The highest BCUT2D eigenvalue weighted by Gasteiger charge is 2.22. The van der Waals surface area contributed by atoms with Gasteiger partial charge in [0.2, 0.25) is 29.5 Å². The van der Waals surface area contributed by atoms with Crippen LogP contribution in [0, 0.1) is 6.92 Å². The molecule has 3 aromatic rings. The number of rotatable bonds is 17. The fourth-order valence-electron chi connectivity index (χ4n) is 4.12. The smallest absolute Gasteiger partial charge is 0.243 e. The van der Waals surface area contributed by atoms with Gasteiger partial charge in [-0.05, 0) is 35.6 Å². The van der Waals surface area contributed by atoms with Gasteiger partial charge in [0, 0.05) is 6.42 Å². The van der Waals surface area contributed by atoms with Crippen LogP contribution < -0.4 is 26.6 Å². The van der Waals surface area contributed by atoms with Gasteiger partial charge >= 0.3 is 0 Å². The van der Waals surface area contributed by atoms with E-state index in [1.165, 1.54) is 16.7 Å². The molecule has 3 aromatic carbocycles. The van der Waals surface area contributed by atoms with Crippen molar-refractivity contribution < 1.29 is 28.7 Å².